The second kappa shape index (κ2) is 6.19. The number of benzene rings is 1. The maximum Gasteiger partial charge on any atom is 0.156 e. The number of fused-ring (bicyclic) bond motifs is 1. The number of hydrogen-bond acceptors (Lipinski definition) is 3. The summed E-state index contributed by atoms with van der Waals surface area (Å²) < 4.78 is 7.02. The first-order chi connectivity index (χ1) is 9.78. The average molecular weight is 269 g/mol. The molecule has 4 heteroatoms. The van der Waals surface area contributed by atoms with Gasteiger partial charge in [0.05, 0.1) is 12.8 Å². The molecule has 104 valence electrons. The molecule has 0 bridgehead atoms. The van der Waals surface area contributed by atoms with Crippen LogP contribution >= 0.6 is 0 Å². The Kier molecular flexibility index (Phi) is 4.35. The zero-order chi connectivity index (χ0) is 14.5. The van der Waals surface area contributed by atoms with Crippen LogP contribution in [0.25, 0.3) is 16.9 Å². The highest BCUT2D eigenvalue weighted by Gasteiger charge is 2.06. The van der Waals surface area contributed by atoms with Crippen molar-refractivity contribution in [2.45, 2.75) is 20.8 Å². The zero-order valence-corrected chi connectivity index (χ0v) is 12.3. The molecule has 2 aromatic heterocycles. The summed E-state index contributed by atoms with van der Waals surface area (Å²) in [5.41, 5.74) is 2.97. The Morgan fingerprint density at radius 1 is 1.00 bits per heavy atom. The highest BCUT2D eigenvalue weighted by molar-refractivity contribution is 5.63. The van der Waals surface area contributed by atoms with Crippen LogP contribution in [0.3, 0.4) is 0 Å². The van der Waals surface area contributed by atoms with Gasteiger partial charge in [0.2, 0.25) is 0 Å². The number of pyridine rings is 1. The molecular weight excluding hydrogens is 250 g/mol. The van der Waals surface area contributed by atoms with Crippen molar-refractivity contribution in [3.05, 3.63) is 48.3 Å². The van der Waals surface area contributed by atoms with Crippen LogP contribution in [0.4, 0.5) is 0 Å². The Balaban J connectivity index is 0.000000704. The molecule has 0 aliphatic rings. The van der Waals surface area contributed by atoms with Crippen LogP contribution in [0.15, 0.2) is 42.5 Å². The summed E-state index contributed by atoms with van der Waals surface area (Å²) in [5, 5.41) is 4.41. The van der Waals surface area contributed by atoms with Crippen LogP contribution in [0.5, 0.6) is 5.75 Å². The van der Waals surface area contributed by atoms with E-state index in [0.717, 1.165) is 28.5 Å². The molecule has 20 heavy (non-hydrogen) atoms. The molecule has 0 amide bonds. The molecule has 0 radical (unpaired) electrons. The average Bonchev–Trinajstić information content (AvgIpc) is 2.89. The molecule has 0 atom stereocenters. The Hall–Kier alpha value is -2.36. The van der Waals surface area contributed by atoms with E-state index in [0.29, 0.717) is 0 Å². The van der Waals surface area contributed by atoms with Crippen molar-refractivity contribution < 1.29 is 4.74 Å². The minimum absolute atomic E-state index is 0.774. The lowest BCUT2D eigenvalue weighted by molar-refractivity contribution is 0.415. The summed E-state index contributed by atoms with van der Waals surface area (Å²) in [5.74, 6) is 1.62. The van der Waals surface area contributed by atoms with Crippen LogP contribution < -0.4 is 4.74 Å². The van der Waals surface area contributed by atoms with Gasteiger partial charge in [-0.2, -0.15) is 5.10 Å². The number of rotatable bonds is 2. The highest BCUT2D eigenvalue weighted by Crippen LogP contribution is 2.22. The van der Waals surface area contributed by atoms with Gasteiger partial charge >= 0.3 is 0 Å². The lowest BCUT2D eigenvalue weighted by Gasteiger charge is -2.05. The van der Waals surface area contributed by atoms with Crippen LogP contribution in [-0.4, -0.2) is 21.7 Å². The Labute approximate surface area is 119 Å². The van der Waals surface area contributed by atoms with Gasteiger partial charge < -0.3 is 4.74 Å². The van der Waals surface area contributed by atoms with Crippen molar-refractivity contribution >= 4 is 5.65 Å². The summed E-state index contributed by atoms with van der Waals surface area (Å²) in [6.45, 7) is 5.89. The summed E-state index contributed by atoms with van der Waals surface area (Å²) in [7, 11) is 1.66. The third-order valence-electron chi connectivity index (χ3n) is 2.85. The van der Waals surface area contributed by atoms with Gasteiger partial charge in [-0.1, -0.05) is 19.9 Å². The van der Waals surface area contributed by atoms with E-state index >= 15 is 0 Å². The molecule has 0 saturated carbocycles. The Morgan fingerprint density at radius 3 is 2.35 bits per heavy atom. The maximum atomic E-state index is 5.16. The van der Waals surface area contributed by atoms with E-state index in [2.05, 4.69) is 10.1 Å². The lowest BCUT2D eigenvalue weighted by atomic mass is 10.1. The van der Waals surface area contributed by atoms with Crippen LogP contribution in [-0.2, 0) is 0 Å². The molecule has 0 spiro atoms. The van der Waals surface area contributed by atoms with Gasteiger partial charge in [-0.05, 0) is 43.3 Å². The monoisotopic (exact) mass is 269 g/mol. The normalized spacial score (nSPS) is 10.0. The maximum absolute atomic E-state index is 5.16. The molecular formula is C16H19N3O. The quantitative estimate of drug-likeness (QED) is 0.711. The van der Waals surface area contributed by atoms with Gasteiger partial charge in [0.1, 0.15) is 11.6 Å². The minimum atomic E-state index is 0.774. The lowest BCUT2D eigenvalue weighted by Crippen LogP contribution is -1.93. The summed E-state index contributed by atoms with van der Waals surface area (Å²) >= 11 is 0. The van der Waals surface area contributed by atoms with Gasteiger partial charge in [0, 0.05) is 5.56 Å². The van der Waals surface area contributed by atoms with Crippen LogP contribution in [0.2, 0.25) is 0 Å². The van der Waals surface area contributed by atoms with Crippen molar-refractivity contribution in [2.24, 2.45) is 0 Å². The number of aromatic nitrogens is 3. The number of ether oxygens (including phenoxy) is 1. The molecule has 1 aromatic carbocycles. The summed E-state index contributed by atoms with van der Waals surface area (Å²) in [4.78, 5) is 4.36. The summed E-state index contributed by atoms with van der Waals surface area (Å²) in [6.07, 6.45) is 0. The summed E-state index contributed by atoms with van der Waals surface area (Å²) in [6, 6.07) is 13.9. The SMILES string of the molecule is CC.COc1ccc(-c2cccc3nc(C)nn23)cc1. The number of nitrogens with zero attached hydrogens (tertiary/aromatic N) is 3. The fourth-order valence-corrected chi connectivity index (χ4v) is 1.99. The van der Waals surface area contributed by atoms with Gasteiger partial charge in [-0.3, -0.25) is 0 Å². The number of hydrogen-bond donors (Lipinski definition) is 0. The van der Waals surface area contributed by atoms with Gasteiger partial charge in [0.25, 0.3) is 0 Å². The molecule has 4 nitrogen and oxygen atoms in total. The van der Waals surface area contributed by atoms with Crippen molar-refractivity contribution in [2.75, 3.05) is 7.11 Å². The predicted molar refractivity (Wildman–Crippen MR) is 81.1 cm³/mol. The zero-order valence-electron chi connectivity index (χ0n) is 12.3. The molecule has 0 N–H and O–H groups in total. The minimum Gasteiger partial charge on any atom is -0.497 e. The first kappa shape index (κ1) is 14.1. The molecule has 3 rings (SSSR count). The third-order valence-corrected chi connectivity index (χ3v) is 2.85. The van der Waals surface area contributed by atoms with Gasteiger partial charge in [0.15, 0.2) is 5.65 Å². The Morgan fingerprint density at radius 2 is 1.70 bits per heavy atom. The molecule has 0 fully saturated rings. The van der Waals surface area contributed by atoms with Gasteiger partial charge in [-0.15, -0.1) is 0 Å². The van der Waals surface area contributed by atoms with E-state index < -0.39 is 0 Å². The van der Waals surface area contributed by atoms with E-state index in [-0.39, 0.29) is 0 Å². The van der Waals surface area contributed by atoms with Gasteiger partial charge in [-0.25, -0.2) is 9.50 Å². The van der Waals surface area contributed by atoms with E-state index in [1.54, 1.807) is 7.11 Å². The van der Waals surface area contributed by atoms with Crippen LogP contribution in [0.1, 0.15) is 19.7 Å². The van der Waals surface area contributed by atoms with E-state index in [4.69, 9.17) is 4.74 Å². The molecule has 0 unspecified atom stereocenters. The molecule has 0 aliphatic carbocycles. The van der Waals surface area contributed by atoms with Crippen molar-refractivity contribution in [3.63, 3.8) is 0 Å². The molecule has 2 heterocycles. The molecule has 3 aromatic rings. The largest absolute Gasteiger partial charge is 0.497 e. The topological polar surface area (TPSA) is 39.4 Å². The highest BCUT2D eigenvalue weighted by atomic mass is 16.5. The van der Waals surface area contributed by atoms with E-state index in [1.165, 1.54) is 0 Å². The fourth-order valence-electron chi connectivity index (χ4n) is 1.99. The molecule has 0 saturated heterocycles. The third kappa shape index (κ3) is 2.64. The van der Waals surface area contributed by atoms with Crippen LogP contribution in [0, 0.1) is 6.92 Å². The number of methoxy groups -OCH3 is 1. The Bertz CT molecular complexity index is 687. The first-order valence-electron chi connectivity index (χ1n) is 6.75. The fraction of sp³-hybridized carbons (Fsp3) is 0.250. The number of aryl methyl sites for hydroxylation is 1. The second-order valence-electron chi connectivity index (χ2n) is 4.07. The standard InChI is InChI=1S/C14H13N3O.C2H6/c1-10-15-14-5-3-4-13(17(14)16-10)11-6-8-12(18-2)9-7-11;1-2/h3-9H,1-2H3;1-2H3. The van der Waals surface area contributed by atoms with Crippen molar-refractivity contribution in [1.29, 1.82) is 0 Å². The van der Waals surface area contributed by atoms with E-state index in [1.807, 2.05) is 67.8 Å². The molecule has 0 aliphatic heterocycles. The first-order valence-corrected chi connectivity index (χ1v) is 6.75. The van der Waals surface area contributed by atoms with Crippen molar-refractivity contribution in [3.8, 4) is 17.0 Å². The van der Waals surface area contributed by atoms with Crippen molar-refractivity contribution in [1.82, 2.24) is 14.6 Å². The second-order valence-corrected chi connectivity index (χ2v) is 4.07. The van der Waals surface area contributed by atoms with E-state index in [9.17, 15) is 0 Å². The predicted octanol–water partition coefficient (Wildman–Crippen LogP) is 3.74. The smallest absolute Gasteiger partial charge is 0.156 e.